The van der Waals surface area contributed by atoms with E-state index in [-0.39, 0.29) is 5.91 Å². The molecule has 16 heavy (non-hydrogen) atoms. The highest BCUT2D eigenvalue weighted by Crippen LogP contribution is 2.20. The van der Waals surface area contributed by atoms with Crippen LogP contribution in [-0.2, 0) is 0 Å². The first kappa shape index (κ1) is 13.0. The molecule has 0 fully saturated rings. The van der Waals surface area contributed by atoms with Crippen molar-refractivity contribution in [1.29, 1.82) is 0 Å². The summed E-state index contributed by atoms with van der Waals surface area (Å²) in [6.45, 7) is 3.80. The average Bonchev–Trinajstić information content (AvgIpc) is 2.25. The Morgan fingerprint density at radius 2 is 2.12 bits per heavy atom. The maximum atomic E-state index is 11.7. The van der Waals surface area contributed by atoms with Crippen LogP contribution in [-0.4, -0.2) is 11.6 Å². The Morgan fingerprint density at radius 3 is 2.69 bits per heavy atom. The minimum absolute atomic E-state index is 0.314. The van der Waals surface area contributed by atoms with Gasteiger partial charge in [0.2, 0.25) is 0 Å². The van der Waals surface area contributed by atoms with E-state index < -0.39 is 0 Å². The van der Waals surface area contributed by atoms with Gasteiger partial charge < -0.3 is 0 Å². The maximum Gasteiger partial charge on any atom is 0.272 e. The van der Waals surface area contributed by atoms with Gasteiger partial charge in [0.05, 0.1) is 10.6 Å². The molecule has 0 aromatic heterocycles. The lowest BCUT2D eigenvalue weighted by Gasteiger charge is -2.03. The minimum Gasteiger partial charge on any atom is -0.267 e. The summed E-state index contributed by atoms with van der Waals surface area (Å²) in [7, 11) is 0. The van der Waals surface area contributed by atoms with Crippen molar-refractivity contribution in [3.8, 4) is 0 Å². The fraction of sp³-hybridized carbons (Fsp3) is 0.273. The van der Waals surface area contributed by atoms with Gasteiger partial charge in [0.1, 0.15) is 0 Å². The van der Waals surface area contributed by atoms with Crippen LogP contribution >= 0.6 is 23.2 Å². The average molecular weight is 259 g/mol. The van der Waals surface area contributed by atoms with E-state index in [2.05, 4.69) is 10.5 Å². The van der Waals surface area contributed by atoms with Gasteiger partial charge in [-0.3, -0.25) is 4.79 Å². The number of benzene rings is 1. The van der Waals surface area contributed by atoms with Gasteiger partial charge in [-0.1, -0.05) is 30.1 Å². The third kappa shape index (κ3) is 3.51. The van der Waals surface area contributed by atoms with Gasteiger partial charge in [0.25, 0.3) is 5.91 Å². The number of hydrogen-bond acceptors (Lipinski definition) is 2. The van der Waals surface area contributed by atoms with Crippen LogP contribution in [0.15, 0.2) is 23.3 Å². The lowest BCUT2D eigenvalue weighted by molar-refractivity contribution is 0.0955. The summed E-state index contributed by atoms with van der Waals surface area (Å²) < 4.78 is 0. The number of carbonyl (C=O) groups excluding carboxylic acids is 1. The molecule has 0 bridgehead atoms. The Hall–Kier alpha value is -1.06. The second-order valence-corrected chi connectivity index (χ2v) is 4.11. The van der Waals surface area contributed by atoms with Gasteiger partial charge >= 0.3 is 0 Å². The van der Waals surface area contributed by atoms with Crippen LogP contribution in [0.2, 0.25) is 10.0 Å². The zero-order chi connectivity index (χ0) is 12.1. The molecule has 0 unspecified atom stereocenters. The Balaban J connectivity index is 2.81. The van der Waals surface area contributed by atoms with E-state index in [1.807, 2.05) is 13.8 Å². The topological polar surface area (TPSA) is 41.5 Å². The molecule has 0 aliphatic rings. The van der Waals surface area contributed by atoms with Crippen molar-refractivity contribution < 1.29 is 4.79 Å². The van der Waals surface area contributed by atoms with E-state index in [1.165, 1.54) is 6.07 Å². The molecule has 0 spiro atoms. The first-order chi connectivity index (χ1) is 7.54. The molecule has 0 saturated carbocycles. The number of nitrogens with zero attached hydrogens (tertiary/aromatic N) is 1. The molecule has 86 valence electrons. The van der Waals surface area contributed by atoms with E-state index in [9.17, 15) is 4.79 Å². The molecule has 0 saturated heterocycles. The number of hydrazone groups is 1. The Bertz CT molecular complexity index is 430. The van der Waals surface area contributed by atoms with Crippen LogP contribution in [0.1, 0.15) is 30.6 Å². The Morgan fingerprint density at radius 1 is 1.44 bits per heavy atom. The highest BCUT2D eigenvalue weighted by molar-refractivity contribution is 6.36. The van der Waals surface area contributed by atoms with Crippen LogP contribution in [0.25, 0.3) is 0 Å². The van der Waals surface area contributed by atoms with E-state index in [1.54, 1.807) is 12.1 Å². The van der Waals surface area contributed by atoms with E-state index >= 15 is 0 Å². The molecule has 1 amide bonds. The lowest BCUT2D eigenvalue weighted by atomic mass is 10.2. The summed E-state index contributed by atoms with van der Waals surface area (Å²) in [4.78, 5) is 11.7. The third-order valence-corrected chi connectivity index (χ3v) is 2.58. The number of nitrogens with one attached hydrogen (secondary N) is 1. The highest BCUT2D eigenvalue weighted by atomic mass is 35.5. The van der Waals surface area contributed by atoms with E-state index in [4.69, 9.17) is 23.2 Å². The Labute approximate surface area is 104 Å². The normalized spacial score (nSPS) is 11.4. The first-order valence-corrected chi connectivity index (χ1v) is 5.58. The van der Waals surface area contributed by atoms with Crippen LogP contribution in [0.5, 0.6) is 0 Å². The molecule has 0 heterocycles. The summed E-state index contributed by atoms with van der Waals surface area (Å²) in [5, 5.41) is 4.72. The summed E-state index contributed by atoms with van der Waals surface area (Å²) in [6.07, 6.45) is 0.786. The molecular weight excluding hydrogens is 247 g/mol. The third-order valence-electron chi connectivity index (χ3n) is 2.04. The van der Waals surface area contributed by atoms with Crippen molar-refractivity contribution >= 4 is 34.8 Å². The van der Waals surface area contributed by atoms with E-state index in [0.717, 1.165) is 12.1 Å². The molecule has 3 nitrogen and oxygen atoms in total. The predicted molar refractivity (Wildman–Crippen MR) is 67.3 cm³/mol. The maximum absolute atomic E-state index is 11.7. The molecule has 0 radical (unpaired) electrons. The molecule has 0 aliphatic carbocycles. The SMILES string of the molecule is CC/C(C)=N\NC(=O)c1ccc(Cl)cc1Cl. The first-order valence-electron chi connectivity index (χ1n) is 4.83. The molecule has 1 aromatic rings. The summed E-state index contributed by atoms with van der Waals surface area (Å²) in [6, 6.07) is 4.70. The lowest BCUT2D eigenvalue weighted by Crippen LogP contribution is -2.19. The Kier molecular flexibility index (Phi) is 4.77. The van der Waals surface area contributed by atoms with Crippen molar-refractivity contribution in [2.75, 3.05) is 0 Å². The predicted octanol–water partition coefficient (Wildman–Crippen LogP) is 3.51. The van der Waals surface area contributed by atoms with Crippen LogP contribution in [0.4, 0.5) is 0 Å². The fourth-order valence-corrected chi connectivity index (χ4v) is 1.45. The van der Waals surface area contributed by atoms with Gasteiger partial charge in [0, 0.05) is 10.7 Å². The molecule has 1 N–H and O–H groups in total. The van der Waals surface area contributed by atoms with Gasteiger partial charge in [-0.15, -0.1) is 0 Å². The summed E-state index contributed by atoms with van der Waals surface area (Å²) in [5.74, 6) is -0.338. The molecule has 5 heteroatoms. The second kappa shape index (κ2) is 5.87. The molecular formula is C11H12Cl2N2O. The van der Waals surface area contributed by atoms with Crippen molar-refractivity contribution in [2.45, 2.75) is 20.3 Å². The minimum atomic E-state index is -0.338. The number of halogens is 2. The van der Waals surface area contributed by atoms with E-state index in [0.29, 0.717) is 15.6 Å². The monoisotopic (exact) mass is 258 g/mol. The fourth-order valence-electron chi connectivity index (χ4n) is 0.959. The zero-order valence-corrected chi connectivity index (χ0v) is 10.6. The van der Waals surface area contributed by atoms with Crippen LogP contribution in [0.3, 0.4) is 0 Å². The number of rotatable bonds is 3. The standard InChI is InChI=1S/C11H12Cl2N2O/c1-3-7(2)14-15-11(16)9-5-4-8(12)6-10(9)13/h4-6H,3H2,1-2H3,(H,15,16)/b14-7-. The molecule has 0 aliphatic heterocycles. The molecule has 1 rings (SSSR count). The van der Waals surface area contributed by atoms with Gasteiger partial charge in [-0.05, 0) is 31.5 Å². The molecule has 0 atom stereocenters. The van der Waals surface area contributed by atoms with Crippen LogP contribution in [0, 0.1) is 0 Å². The van der Waals surface area contributed by atoms with Crippen molar-refractivity contribution in [2.24, 2.45) is 5.10 Å². The highest BCUT2D eigenvalue weighted by Gasteiger charge is 2.09. The number of carbonyl (C=O) groups is 1. The zero-order valence-electron chi connectivity index (χ0n) is 9.05. The smallest absolute Gasteiger partial charge is 0.267 e. The van der Waals surface area contributed by atoms with Gasteiger partial charge in [-0.25, -0.2) is 5.43 Å². The summed E-state index contributed by atoms with van der Waals surface area (Å²) >= 11 is 11.6. The second-order valence-electron chi connectivity index (χ2n) is 3.27. The largest absolute Gasteiger partial charge is 0.272 e. The van der Waals surface area contributed by atoms with Crippen molar-refractivity contribution in [3.05, 3.63) is 33.8 Å². The van der Waals surface area contributed by atoms with Crippen molar-refractivity contribution in [1.82, 2.24) is 5.43 Å². The van der Waals surface area contributed by atoms with Crippen molar-refractivity contribution in [3.63, 3.8) is 0 Å². The number of hydrogen-bond donors (Lipinski definition) is 1. The summed E-state index contributed by atoms with van der Waals surface area (Å²) in [5.41, 5.74) is 3.64. The van der Waals surface area contributed by atoms with Gasteiger partial charge in [-0.2, -0.15) is 5.10 Å². The van der Waals surface area contributed by atoms with Crippen LogP contribution < -0.4 is 5.43 Å². The molecule has 1 aromatic carbocycles. The van der Waals surface area contributed by atoms with Gasteiger partial charge in [0.15, 0.2) is 0 Å². The number of amides is 1. The quantitative estimate of drug-likeness (QED) is 0.655.